The van der Waals surface area contributed by atoms with Crippen LogP contribution in [0.15, 0.2) is 48.5 Å². The van der Waals surface area contributed by atoms with Crippen LogP contribution in [0.1, 0.15) is 29.9 Å². The summed E-state index contributed by atoms with van der Waals surface area (Å²) in [5, 5.41) is 21.7. The van der Waals surface area contributed by atoms with Crippen molar-refractivity contribution in [2.45, 2.75) is 30.8 Å². The first-order chi connectivity index (χ1) is 16.4. The van der Waals surface area contributed by atoms with E-state index in [9.17, 15) is 19.5 Å². The van der Waals surface area contributed by atoms with Crippen LogP contribution in [0.25, 0.3) is 11.1 Å². The Labute approximate surface area is 196 Å². The second kappa shape index (κ2) is 9.82. The number of carboxylic acid groups (broad SMARTS) is 1. The highest BCUT2D eigenvalue weighted by atomic mass is 16.6. The van der Waals surface area contributed by atoms with Crippen molar-refractivity contribution in [3.05, 3.63) is 59.7 Å². The summed E-state index contributed by atoms with van der Waals surface area (Å²) in [5.41, 5.74) is 9.58. The maximum Gasteiger partial charge on any atom is 0.410 e. The molecule has 1 aliphatic heterocycles. The molecule has 0 radical (unpaired) electrons. The van der Waals surface area contributed by atoms with Gasteiger partial charge in [-0.1, -0.05) is 48.5 Å². The molecule has 0 unspecified atom stereocenters. The van der Waals surface area contributed by atoms with Gasteiger partial charge < -0.3 is 26.2 Å². The van der Waals surface area contributed by atoms with Crippen LogP contribution in [0.4, 0.5) is 4.79 Å². The molecule has 2 amide bonds. The predicted molar refractivity (Wildman–Crippen MR) is 124 cm³/mol. The summed E-state index contributed by atoms with van der Waals surface area (Å²) in [5.74, 6) is -2.10. The van der Waals surface area contributed by atoms with Gasteiger partial charge in [0, 0.05) is 12.5 Å². The Morgan fingerprint density at radius 3 is 2.35 bits per heavy atom. The lowest BCUT2D eigenvalue weighted by Gasteiger charge is -2.37. The molecule has 1 aliphatic carbocycles. The van der Waals surface area contributed by atoms with Crippen LogP contribution in [0.5, 0.6) is 0 Å². The minimum atomic E-state index is -1.22. The van der Waals surface area contributed by atoms with Gasteiger partial charge in [-0.15, -0.1) is 0 Å². The average molecular weight is 466 g/mol. The Morgan fingerprint density at radius 1 is 1.15 bits per heavy atom. The van der Waals surface area contributed by atoms with E-state index < -0.39 is 30.1 Å². The van der Waals surface area contributed by atoms with Gasteiger partial charge in [-0.05, 0) is 35.1 Å². The zero-order valence-electron chi connectivity index (χ0n) is 18.5. The molecule has 1 heterocycles. The molecule has 0 bridgehead atoms. The van der Waals surface area contributed by atoms with Crippen molar-refractivity contribution in [2.75, 3.05) is 19.7 Å². The number of rotatable bonds is 7. The van der Waals surface area contributed by atoms with Crippen LogP contribution in [0.3, 0.4) is 0 Å². The molecule has 2 atom stereocenters. The third-order valence-corrected chi connectivity index (χ3v) is 6.21. The van der Waals surface area contributed by atoms with E-state index in [1.54, 1.807) is 0 Å². The monoisotopic (exact) mass is 465 g/mol. The van der Waals surface area contributed by atoms with Crippen LogP contribution < -0.4 is 16.4 Å². The maximum atomic E-state index is 13.1. The summed E-state index contributed by atoms with van der Waals surface area (Å²) in [7, 11) is 0. The number of carbonyl (C=O) groups is 3. The third-order valence-electron chi connectivity index (χ3n) is 6.21. The fourth-order valence-electron chi connectivity index (χ4n) is 4.60. The molecule has 2 aliphatic rings. The van der Waals surface area contributed by atoms with Crippen molar-refractivity contribution in [3.8, 4) is 11.1 Å². The molecule has 1 fully saturated rings. The van der Waals surface area contributed by atoms with Gasteiger partial charge in [-0.3, -0.25) is 15.1 Å². The van der Waals surface area contributed by atoms with Crippen molar-refractivity contribution >= 4 is 23.9 Å². The first-order valence-electron chi connectivity index (χ1n) is 11.1. The van der Waals surface area contributed by atoms with Gasteiger partial charge in [-0.2, -0.15) is 0 Å². The molecule has 0 saturated carbocycles. The summed E-state index contributed by atoms with van der Waals surface area (Å²) in [4.78, 5) is 38.4. The number of benzene rings is 2. The van der Waals surface area contributed by atoms with Crippen molar-refractivity contribution in [1.29, 1.82) is 5.41 Å². The van der Waals surface area contributed by atoms with E-state index in [1.165, 1.54) is 4.90 Å². The Bertz CT molecular complexity index is 1070. The standard InChI is InChI=1S/C24H27N5O5/c25-23(26)27-11-5-10-20-21(30)28-19(22(31)32)12-29(20)24(33)34-13-18-16-8-3-1-6-14(16)15-7-2-4-9-17(15)18/h1-4,6-9,18-20H,5,10-13H2,(H,28,30)(H,31,32)(H4,25,26,27)/t19-,20-/m1/s1. The lowest BCUT2D eigenvalue weighted by atomic mass is 9.98. The van der Waals surface area contributed by atoms with Gasteiger partial charge >= 0.3 is 12.1 Å². The quantitative estimate of drug-likeness (QED) is 0.235. The van der Waals surface area contributed by atoms with Crippen molar-refractivity contribution < 1.29 is 24.2 Å². The van der Waals surface area contributed by atoms with Crippen molar-refractivity contribution in [2.24, 2.45) is 5.73 Å². The number of guanidine groups is 1. The molecule has 2 aromatic carbocycles. The van der Waals surface area contributed by atoms with E-state index in [-0.39, 0.29) is 31.4 Å². The minimum absolute atomic E-state index is 0.0708. The molecular formula is C24H27N5O5. The highest BCUT2D eigenvalue weighted by Crippen LogP contribution is 2.44. The maximum absolute atomic E-state index is 13.1. The SMILES string of the molecule is N=C(N)NCCC[C@@H]1C(=O)N[C@@H](C(=O)O)CN1C(=O)OCC1c2ccccc2-c2ccccc21. The fourth-order valence-corrected chi connectivity index (χ4v) is 4.60. The Kier molecular flexibility index (Phi) is 6.67. The predicted octanol–water partition coefficient (Wildman–Crippen LogP) is 1.45. The molecule has 178 valence electrons. The highest BCUT2D eigenvalue weighted by Gasteiger charge is 2.41. The van der Waals surface area contributed by atoms with Crippen molar-refractivity contribution in [1.82, 2.24) is 15.5 Å². The number of carbonyl (C=O) groups excluding carboxylic acids is 2. The van der Waals surface area contributed by atoms with E-state index in [0.29, 0.717) is 13.0 Å². The zero-order chi connectivity index (χ0) is 24.2. The zero-order valence-corrected chi connectivity index (χ0v) is 18.5. The molecule has 34 heavy (non-hydrogen) atoms. The molecule has 10 heteroatoms. The number of ether oxygens (including phenoxy) is 1. The molecule has 0 aromatic heterocycles. The summed E-state index contributed by atoms with van der Waals surface area (Å²) in [6.07, 6.45) is -0.0157. The van der Waals surface area contributed by atoms with Crippen molar-refractivity contribution in [3.63, 3.8) is 0 Å². The first-order valence-corrected chi connectivity index (χ1v) is 11.1. The second-order valence-electron chi connectivity index (χ2n) is 8.35. The van der Waals surface area contributed by atoms with Gasteiger partial charge in [0.1, 0.15) is 18.7 Å². The molecule has 2 aromatic rings. The van der Waals surface area contributed by atoms with E-state index in [4.69, 9.17) is 15.9 Å². The van der Waals surface area contributed by atoms with Crippen LogP contribution in [-0.2, 0) is 14.3 Å². The number of nitrogens with one attached hydrogen (secondary N) is 3. The molecule has 1 saturated heterocycles. The fraction of sp³-hybridized carbons (Fsp3) is 0.333. The molecular weight excluding hydrogens is 438 g/mol. The highest BCUT2D eigenvalue weighted by molar-refractivity contribution is 5.91. The number of hydrogen-bond donors (Lipinski definition) is 5. The smallest absolute Gasteiger partial charge is 0.410 e. The van der Waals surface area contributed by atoms with E-state index in [2.05, 4.69) is 10.6 Å². The number of nitrogens with zero attached hydrogens (tertiary/aromatic N) is 1. The van der Waals surface area contributed by atoms with Crippen LogP contribution >= 0.6 is 0 Å². The Morgan fingerprint density at radius 2 is 1.76 bits per heavy atom. The second-order valence-corrected chi connectivity index (χ2v) is 8.35. The summed E-state index contributed by atoms with van der Waals surface area (Å²) in [6.45, 7) is 0.226. The number of piperazine rings is 1. The van der Waals surface area contributed by atoms with E-state index in [1.807, 2.05) is 48.5 Å². The number of carboxylic acids is 1. The average Bonchev–Trinajstić information content (AvgIpc) is 3.14. The number of fused-ring (bicyclic) bond motifs is 3. The van der Waals surface area contributed by atoms with E-state index >= 15 is 0 Å². The number of hydrogen-bond acceptors (Lipinski definition) is 5. The van der Waals surface area contributed by atoms with Gasteiger partial charge in [0.15, 0.2) is 5.96 Å². The topological polar surface area (TPSA) is 158 Å². The number of aliphatic carboxylic acids is 1. The van der Waals surface area contributed by atoms with Crippen LogP contribution in [0.2, 0.25) is 0 Å². The molecule has 0 spiro atoms. The summed E-state index contributed by atoms with van der Waals surface area (Å²) in [6, 6.07) is 13.8. The lowest BCUT2D eigenvalue weighted by Crippen LogP contribution is -2.63. The summed E-state index contributed by atoms with van der Waals surface area (Å²) < 4.78 is 5.67. The molecule has 10 nitrogen and oxygen atoms in total. The van der Waals surface area contributed by atoms with Gasteiger partial charge in [0.25, 0.3) is 0 Å². The normalized spacial score (nSPS) is 19.1. The van der Waals surface area contributed by atoms with Gasteiger partial charge in [-0.25, -0.2) is 9.59 Å². The van der Waals surface area contributed by atoms with Crippen LogP contribution in [0, 0.1) is 5.41 Å². The van der Waals surface area contributed by atoms with Gasteiger partial charge in [0.2, 0.25) is 5.91 Å². The Hall–Kier alpha value is -4.08. The van der Waals surface area contributed by atoms with Gasteiger partial charge in [0.05, 0.1) is 6.54 Å². The third kappa shape index (κ3) is 4.66. The molecule has 6 N–H and O–H groups in total. The van der Waals surface area contributed by atoms with E-state index in [0.717, 1.165) is 22.3 Å². The van der Waals surface area contributed by atoms with Crippen LogP contribution in [-0.4, -0.2) is 65.7 Å². The lowest BCUT2D eigenvalue weighted by molar-refractivity contribution is -0.146. The Balaban J connectivity index is 1.48. The number of amides is 2. The summed E-state index contributed by atoms with van der Waals surface area (Å²) >= 11 is 0. The minimum Gasteiger partial charge on any atom is -0.480 e. The molecule has 4 rings (SSSR count). The first kappa shape index (κ1) is 23.1. The largest absolute Gasteiger partial charge is 0.480 e. The number of nitrogens with two attached hydrogens (primary N) is 1.